The van der Waals surface area contributed by atoms with Crippen LogP contribution in [0.15, 0.2) is 42.5 Å². The number of nitrogens with zero attached hydrogens (tertiary/aromatic N) is 2. The third-order valence-corrected chi connectivity index (χ3v) is 3.71. The van der Waals surface area contributed by atoms with Gasteiger partial charge in [-0.1, -0.05) is 6.07 Å². The van der Waals surface area contributed by atoms with Gasteiger partial charge in [0.1, 0.15) is 0 Å². The number of carbonyl (C=O) groups is 1. The molecular formula is C17H15N3O. The van der Waals surface area contributed by atoms with Crippen molar-refractivity contribution in [2.24, 2.45) is 0 Å². The Morgan fingerprint density at radius 3 is 2.90 bits per heavy atom. The van der Waals surface area contributed by atoms with Crippen molar-refractivity contribution in [1.82, 2.24) is 0 Å². The third-order valence-electron chi connectivity index (χ3n) is 3.71. The molecule has 0 radical (unpaired) electrons. The zero-order valence-electron chi connectivity index (χ0n) is 11.5. The van der Waals surface area contributed by atoms with E-state index in [1.165, 1.54) is 0 Å². The summed E-state index contributed by atoms with van der Waals surface area (Å²) in [4.78, 5) is 14.5. The monoisotopic (exact) mass is 277 g/mol. The molecule has 0 saturated carbocycles. The molecule has 0 fully saturated rings. The first kappa shape index (κ1) is 13.2. The van der Waals surface area contributed by atoms with Crippen molar-refractivity contribution < 1.29 is 4.79 Å². The minimum absolute atomic E-state index is 0.0715. The lowest BCUT2D eigenvalue weighted by Gasteiger charge is -2.29. The molecule has 0 aliphatic carbocycles. The number of carbonyl (C=O) groups excluding carboxylic acids is 1. The predicted octanol–water partition coefficient (Wildman–Crippen LogP) is 2.73. The number of nitriles is 1. The molecule has 4 heteroatoms. The number of hydrogen-bond acceptors (Lipinski definition) is 3. The molecule has 2 aromatic rings. The normalized spacial score (nSPS) is 13.4. The second-order valence-corrected chi connectivity index (χ2v) is 5.14. The van der Waals surface area contributed by atoms with E-state index in [0.717, 1.165) is 29.8 Å². The standard InChI is InChI=1S/C17H15N3O/c18-11-12-3-1-4-14(9-12)17(21)20-8-2-5-13-10-15(19)6-7-16(13)20/h1,3-4,6-7,9-10H,2,5,8,19H2. The summed E-state index contributed by atoms with van der Waals surface area (Å²) in [5, 5.41) is 8.95. The highest BCUT2D eigenvalue weighted by Crippen LogP contribution is 2.30. The lowest BCUT2D eigenvalue weighted by atomic mass is 10.00. The van der Waals surface area contributed by atoms with Gasteiger partial charge in [-0.2, -0.15) is 5.26 Å². The summed E-state index contributed by atoms with van der Waals surface area (Å²) in [5.41, 5.74) is 9.59. The number of rotatable bonds is 1. The van der Waals surface area contributed by atoms with Crippen LogP contribution in [0.4, 0.5) is 11.4 Å². The second-order valence-electron chi connectivity index (χ2n) is 5.14. The maximum absolute atomic E-state index is 12.7. The predicted molar refractivity (Wildman–Crippen MR) is 82.0 cm³/mol. The number of aryl methyl sites for hydroxylation is 1. The minimum atomic E-state index is -0.0715. The molecule has 21 heavy (non-hydrogen) atoms. The van der Waals surface area contributed by atoms with Crippen LogP contribution in [0.5, 0.6) is 0 Å². The highest BCUT2D eigenvalue weighted by atomic mass is 16.2. The molecule has 0 spiro atoms. The summed E-state index contributed by atoms with van der Waals surface area (Å²) in [6.45, 7) is 0.687. The van der Waals surface area contributed by atoms with E-state index in [9.17, 15) is 4.79 Å². The van der Waals surface area contributed by atoms with E-state index in [1.54, 1.807) is 29.2 Å². The van der Waals surface area contributed by atoms with Gasteiger partial charge in [0.15, 0.2) is 0 Å². The van der Waals surface area contributed by atoms with Crippen LogP contribution in [0.25, 0.3) is 0 Å². The van der Waals surface area contributed by atoms with Crippen molar-refractivity contribution in [2.45, 2.75) is 12.8 Å². The number of hydrogen-bond donors (Lipinski definition) is 1. The molecule has 3 rings (SSSR count). The van der Waals surface area contributed by atoms with Crippen LogP contribution in [0, 0.1) is 11.3 Å². The van der Waals surface area contributed by atoms with Gasteiger partial charge in [-0.05, 0) is 54.8 Å². The fourth-order valence-electron chi connectivity index (χ4n) is 2.71. The van der Waals surface area contributed by atoms with E-state index in [-0.39, 0.29) is 5.91 Å². The van der Waals surface area contributed by atoms with Crippen LogP contribution in [-0.4, -0.2) is 12.5 Å². The largest absolute Gasteiger partial charge is 0.399 e. The number of amides is 1. The molecule has 0 atom stereocenters. The molecule has 1 amide bonds. The van der Waals surface area contributed by atoms with Crippen molar-refractivity contribution in [3.8, 4) is 6.07 Å². The molecular weight excluding hydrogens is 262 g/mol. The Balaban J connectivity index is 1.98. The first-order valence-corrected chi connectivity index (χ1v) is 6.89. The van der Waals surface area contributed by atoms with Crippen LogP contribution in [0.3, 0.4) is 0 Å². The Hall–Kier alpha value is -2.80. The summed E-state index contributed by atoms with van der Waals surface area (Å²) in [6, 6.07) is 14.5. The fraction of sp³-hybridized carbons (Fsp3) is 0.176. The van der Waals surface area contributed by atoms with Gasteiger partial charge in [0.25, 0.3) is 5.91 Å². The Morgan fingerprint density at radius 1 is 1.24 bits per heavy atom. The van der Waals surface area contributed by atoms with Gasteiger partial charge in [-0.15, -0.1) is 0 Å². The maximum atomic E-state index is 12.7. The highest BCUT2D eigenvalue weighted by Gasteiger charge is 2.23. The molecule has 0 aromatic heterocycles. The van der Waals surface area contributed by atoms with Crippen LogP contribution in [0.2, 0.25) is 0 Å². The molecule has 0 unspecified atom stereocenters. The fourth-order valence-corrected chi connectivity index (χ4v) is 2.71. The summed E-state index contributed by atoms with van der Waals surface area (Å²) in [5.74, 6) is -0.0715. The molecule has 2 aromatic carbocycles. The quantitative estimate of drug-likeness (QED) is 0.815. The number of benzene rings is 2. The average Bonchev–Trinajstić information content (AvgIpc) is 2.53. The molecule has 104 valence electrons. The summed E-state index contributed by atoms with van der Waals surface area (Å²) in [6.07, 6.45) is 1.85. The van der Waals surface area contributed by atoms with Crippen molar-refractivity contribution in [2.75, 3.05) is 17.2 Å². The Bertz CT molecular complexity index is 746. The molecule has 2 N–H and O–H groups in total. The third kappa shape index (κ3) is 2.46. The smallest absolute Gasteiger partial charge is 0.258 e. The Kier molecular flexibility index (Phi) is 3.33. The van der Waals surface area contributed by atoms with E-state index in [1.807, 2.05) is 18.2 Å². The van der Waals surface area contributed by atoms with E-state index >= 15 is 0 Å². The molecule has 0 saturated heterocycles. The van der Waals surface area contributed by atoms with Crippen LogP contribution in [-0.2, 0) is 6.42 Å². The topological polar surface area (TPSA) is 70.1 Å². The first-order valence-electron chi connectivity index (χ1n) is 6.89. The van der Waals surface area contributed by atoms with Crippen molar-refractivity contribution >= 4 is 17.3 Å². The minimum Gasteiger partial charge on any atom is -0.399 e. The van der Waals surface area contributed by atoms with Gasteiger partial charge in [-0.25, -0.2) is 0 Å². The Morgan fingerprint density at radius 2 is 2.10 bits per heavy atom. The number of fused-ring (bicyclic) bond motifs is 1. The maximum Gasteiger partial charge on any atom is 0.258 e. The van der Waals surface area contributed by atoms with E-state index in [4.69, 9.17) is 11.0 Å². The number of nitrogen functional groups attached to an aromatic ring is 1. The van der Waals surface area contributed by atoms with E-state index < -0.39 is 0 Å². The van der Waals surface area contributed by atoms with Gasteiger partial charge in [0, 0.05) is 23.5 Å². The van der Waals surface area contributed by atoms with Gasteiger partial charge in [0.2, 0.25) is 0 Å². The summed E-state index contributed by atoms with van der Waals surface area (Å²) < 4.78 is 0. The second kappa shape index (κ2) is 5.29. The summed E-state index contributed by atoms with van der Waals surface area (Å²) >= 11 is 0. The van der Waals surface area contributed by atoms with Crippen LogP contribution in [0.1, 0.15) is 27.9 Å². The van der Waals surface area contributed by atoms with Gasteiger partial charge in [0.05, 0.1) is 11.6 Å². The van der Waals surface area contributed by atoms with Gasteiger partial charge in [-0.3, -0.25) is 4.79 Å². The zero-order valence-corrected chi connectivity index (χ0v) is 11.5. The van der Waals surface area contributed by atoms with E-state index in [0.29, 0.717) is 17.7 Å². The van der Waals surface area contributed by atoms with Crippen LogP contribution < -0.4 is 10.6 Å². The van der Waals surface area contributed by atoms with Crippen molar-refractivity contribution in [3.05, 3.63) is 59.2 Å². The molecule has 1 aliphatic rings. The molecule has 1 heterocycles. The average molecular weight is 277 g/mol. The number of anilines is 2. The Labute approximate surface area is 123 Å². The highest BCUT2D eigenvalue weighted by molar-refractivity contribution is 6.07. The van der Waals surface area contributed by atoms with E-state index in [2.05, 4.69) is 6.07 Å². The first-order chi connectivity index (χ1) is 10.2. The number of nitrogens with two attached hydrogens (primary N) is 1. The van der Waals surface area contributed by atoms with Gasteiger partial charge >= 0.3 is 0 Å². The molecule has 0 bridgehead atoms. The lowest BCUT2D eigenvalue weighted by molar-refractivity contribution is 0.0985. The summed E-state index contributed by atoms with van der Waals surface area (Å²) in [7, 11) is 0. The zero-order chi connectivity index (χ0) is 14.8. The molecule has 1 aliphatic heterocycles. The SMILES string of the molecule is N#Cc1cccc(C(=O)N2CCCc3cc(N)ccc32)c1. The molecule has 4 nitrogen and oxygen atoms in total. The van der Waals surface area contributed by atoms with Gasteiger partial charge < -0.3 is 10.6 Å². The van der Waals surface area contributed by atoms with Crippen molar-refractivity contribution in [1.29, 1.82) is 5.26 Å². The van der Waals surface area contributed by atoms with Crippen LogP contribution >= 0.6 is 0 Å². The lowest BCUT2D eigenvalue weighted by Crippen LogP contribution is -2.35. The van der Waals surface area contributed by atoms with Crippen molar-refractivity contribution in [3.63, 3.8) is 0 Å².